The average molecular weight is 256 g/mol. The van der Waals surface area contributed by atoms with Crippen molar-refractivity contribution in [2.24, 2.45) is 0 Å². The second-order valence-electron chi connectivity index (χ2n) is 3.93. The van der Waals surface area contributed by atoms with Crippen LogP contribution in [0.25, 0.3) is 0 Å². The lowest BCUT2D eigenvalue weighted by Gasteiger charge is -2.09. The van der Waals surface area contributed by atoms with Crippen molar-refractivity contribution >= 4 is 10.1 Å². The third-order valence-corrected chi connectivity index (χ3v) is 4.05. The van der Waals surface area contributed by atoms with Gasteiger partial charge in [-0.3, -0.25) is 4.18 Å². The maximum atomic E-state index is 11.9. The molecule has 0 aromatic heterocycles. The van der Waals surface area contributed by atoms with Crippen LogP contribution in [0.5, 0.6) is 0 Å². The third-order valence-electron chi connectivity index (χ3n) is 2.56. The maximum Gasteiger partial charge on any atom is 0.297 e. The number of benzene rings is 1. The Labute approximate surface area is 104 Å². The molecule has 0 bridgehead atoms. The highest BCUT2D eigenvalue weighted by molar-refractivity contribution is 7.86. The van der Waals surface area contributed by atoms with Crippen LogP contribution in [0.3, 0.4) is 0 Å². The van der Waals surface area contributed by atoms with Gasteiger partial charge >= 0.3 is 0 Å². The molecular weight excluding hydrogens is 236 g/mol. The van der Waals surface area contributed by atoms with Crippen LogP contribution in [0, 0.1) is 0 Å². The van der Waals surface area contributed by atoms with Crippen LogP contribution < -0.4 is 0 Å². The van der Waals surface area contributed by atoms with E-state index in [1.165, 1.54) is 0 Å². The van der Waals surface area contributed by atoms with Crippen LogP contribution in [0.2, 0.25) is 0 Å². The summed E-state index contributed by atoms with van der Waals surface area (Å²) in [6.45, 7) is 3.98. The molecule has 0 aliphatic rings. The van der Waals surface area contributed by atoms with Crippen molar-refractivity contribution in [2.75, 3.05) is 6.61 Å². The monoisotopic (exact) mass is 256 g/mol. The normalized spacial score (nSPS) is 11.6. The van der Waals surface area contributed by atoms with E-state index in [-0.39, 0.29) is 6.61 Å². The van der Waals surface area contributed by atoms with E-state index in [1.807, 2.05) is 12.1 Å². The summed E-state index contributed by atoms with van der Waals surface area (Å²) in [4.78, 5) is 0.318. The van der Waals surface area contributed by atoms with Gasteiger partial charge in [0, 0.05) is 0 Å². The highest BCUT2D eigenvalue weighted by Gasteiger charge is 2.17. The Kier molecular flexibility index (Phi) is 5.65. The molecule has 0 unspecified atom stereocenters. The number of hydrogen-bond donors (Lipinski definition) is 0. The van der Waals surface area contributed by atoms with E-state index in [0.717, 1.165) is 31.2 Å². The Morgan fingerprint density at radius 2 is 1.82 bits per heavy atom. The lowest BCUT2D eigenvalue weighted by Crippen LogP contribution is -2.09. The zero-order valence-corrected chi connectivity index (χ0v) is 11.3. The van der Waals surface area contributed by atoms with Crippen LogP contribution in [0.1, 0.15) is 38.7 Å². The molecule has 0 N–H and O–H groups in total. The van der Waals surface area contributed by atoms with Crippen LogP contribution >= 0.6 is 0 Å². The second-order valence-corrected chi connectivity index (χ2v) is 5.51. The van der Waals surface area contributed by atoms with Gasteiger partial charge in [-0.05, 0) is 31.4 Å². The predicted molar refractivity (Wildman–Crippen MR) is 68.5 cm³/mol. The molecule has 0 amide bonds. The molecule has 0 spiro atoms. The first-order valence-corrected chi connectivity index (χ1v) is 7.50. The Hall–Kier alpha value is -0.870. The molecule has 96 valence electrons. The molecule has 1 aromatic carbocycles. The number of rotatable bonds is 7. The van der Waals surface area contributed by atoms with Crippen molar-refractivity contribution in [3.05, 3.63) is 29.8 Å². The van der Waals surface area contributed by atoms with Crippen LogP contribution in [-0.2, 0) is 20.7 Å². The van der Waals surface area contributed by atoms with Crippen LogP contribution in [0.15, 0.2) is 29.2 Å². The first-order valence-electron chi connectivity index (χ1n) is 6.09. The van der Waals surface area contributed by atoms with Gasteiger partial charge < -0.3 is 0 Å². The predicted octanol–water partition coefficient (Wildman–Crippen LogP) is 3.14. The van der Waals surface area contributed by atoms with Crippen LogP contribution in [-0.4, -0.2) is 15.0 Å². The zero-order valence-electron chi connectivity index (χ0n) is 10.5. The average Bonchev–Trinajstić information content (AvgIpc) is 2.30. The van der Waals surface area contributed by atoms with Gasteiger partial charge in [0.2, 0.25) is 0 Å². The Morgan fingerprint density at radius 3 is 2.47 bits per heavy atom. The molecular formula is C13H20O3S. The van der Waals surface area contributed by atoms with E-state index in [4.69, 9.17) is 4.18 Å². The van der Waals surface area contributed by atoms with Gasteiger partial charge in [0.1, 0.15) is 0 Å². The first-order chi connectivity index (χ1) is 8.11. The molecule has 4 heteroatoms. The van der Waals surface area contributed by atoms with Crippen molar-refractivity contribution in [1.29, 1.82) is 0 Å². The van der Waals surface area contributed by atoms with Crippen molar-refractivity contribution < 1.29 is 12.6 Å². The molecule has 0 saturated heterocycles. The van der Waals surface area contributed by atoms with E-state index < -0.39 is 10.1 Å². The smallest absolute Gasteiger partial charge is 0.267 e. The van der Waals surface area contributed by atoms with Crippen molar-refractivity contribution in [3.8, 4) is 0 Å². The standard InChI is InChI=1S/C13H20O3S/c1-3-5-6-9-12-10-7-8-11-13(12)17(14,15)16-4-2/h7-8,10-11H,3-6,9H2,1-2H3. The fraction of sp³-hybridized carbons (Fsp3) is 0.538. The minimum atomic E-state index is -3.58. The lowest BCUT2D eigenvalue weighted by molar-refractivity contribution is 0.337. The summed E-state index contributed by atoms with van der Waals surface area (Å²) >= 11 is 0. The molecule has 0 aliphatic carbocycles. The second kappa shape index (κ2) is 6.77. The summed E-state index contributed by atoms with van der Waals surface area (Å²) in [6, 6.07) is 7.08. The van der Waals surface area contributed by atoms with E-state index >= 15 is 0 Å². The lowest BCUT2D eigenvalue weighted by atomic mass is 10.1. The molecule has 3 nitrogen and oxygen atoms in total. The zero-order chi connectivity index (χ0) is 12.7. The van der Waals surface area contributed by atoms with Gasteiger partial charge in [0.15, 0.2) is 0 Å². The van der Waals surface area contributed by atoms with Gasteiger partial charge in [-0.1, -0.05) is 38.0 Å². The van der Waals surface area contributed by atoms with Crippen molar-refractivity contribution in [1.82, 2.24) is 0 Å². The summed E-state index contributed by atoms with van der Waals surface area (Å²) in [5.41, 5.74) is 0.856. The Balaban J connectivity index is 2.91. The van der Waals surface area contributed by atoms with E-state index in [0.29, 0.717) is 4.90 Å². The van der Waals surface area contributed by atoms with Gasteiger partial charge in [-0.25, -0.2) is 0 Å². The topological polar surface area (TPSA) is 43.4 Å². The Morgan fingerprint density at radius 1 is 1.12 bits per heavy atom. The summed E-state index contributed by atoms with van der Waals surface area (Å²) in [5, 5.41) is 0. The molecule has 0 atom stereocenters. The summed E-state index contributed by atoms with van der Waals surface area (Å²) in [6.07, 6.45) is 4.04. The first kappa shape index (κ1) is 14.2. The van der Waals surface area contributed by atoms with Crippen molar-refractivity contribution in [2.45, 2.75) is 44.4 Å². The summed E-state index contributed by atoms with van der Waals surface area (Å²) in [5.74, 6) is 0. The van der Waals surface area contributed by atoms with E-state index in [9.17, 15) is 8.42 Å². The third kappa shape index (κ3) is 4.13. The van der Waals surface area contributed by atoms with Gasteiger partial charge in [-0.2, -0.15) is 8.42 Å². The Bertz CT molecular complexity index is 438. The molecule has 1 rings (SSSR count). The highest BCUT2D eigenvalue weighted by atomic mass is 32.2. The number of aryl methyl sites for hydroxylation is 1. The molecule has 17 heavy (non-hydrogen) atoms. The molecule has 0 radical (unpaired) electrons. The maximum absolute atomic E-state index is 11.9. The minimum Gasteiger partial charge on any atom is -0.267 e. The fourth-order valence-corrected chi connectivity index (χ4v) is 2.91. The quantitative estimate of drug-likeness (QED) is 0.556. The summed E-state index contributed by atoms with van der Waals surface area (Å²) < 4.78 is 28.6. The molecule has 0 heterocycles. The molecule has 1 aromatic rings. The largest absolute Gasteiger partial charge is 0.297 e. The van der Waals surface area contributed by atoms with Crippen LogP contribution in [0.4, 0.5) is 0 Å². The molecule has 0 saturated carbocycles. The summed E-state index contributed by atoms with van der Waals surface area (Å²) in [7, 11) is -3.58. The highest BCUT2D eigenvalue weighted by Crippen LogP contribution is 2.20. The minimum absolute atomic E-state index is 0.172. The molecule has 0 aliphatic heterocycles. The van der Waals surface area contributed by atoms with Crippen molar-refractivity contribution in [3.63, 3.8) is 0 Å². The van der Waals surface area contributed by atoms with Gasteiger partial charge in [0.05, 0.1) is 11.5 Å². The fourth-order valence-electron chi connectivity index (χ4n) is 1.74. The van der Waals surface area contributed by atoms with Gasteiger partial charge in [-0.15, -0.1) is 0 Å². The van der Waals surface area contributed by atoms with E-state index in [1.54, 1.807) is 19.1 Å². The number of hydrogen-bond acceptors (Lipinski definition) is 3. The van der Waals surface area contributed by atoms with Gasteiger partial charge in [0.25, 0.3) is 10.1 Å². The molecule has 0 fully saturated rings. The van der Waals surface area contributed by atoms with E-state index in [2.05, 4.69) is 6.92 Å². The number of unbranched alkanes of at least 4 members (excludes halogenated alkanes) is 2. The SMILES string of the molecule is CCCCCc1ccccc1S(=O)(=O)OCC.